The Balaban J connectivity index is 3.36. The molecular formula is C12H22N4O3S. The van der Waals surface area contributed by atoms with Crippen molar-refractivity contribution in [3.05, 3.63) is 11.4 Å². The number of hydrogen-bond acceptors (Lipinski definition) is 4. The van der Waals surface area contributed by atoms with E-state index in [0.717, 1.165) is 6.42 Å². The molecule has 0 saturated heterocycles. The lowest BCUT2D eigenvalue weighted by molar-refractivity contribution is 0.0754. The Bertz CT molecular complexity index is 578. The van der Waals surface area contributed by atoms with Gasteiger partial charge in [-0.3, -0.25) is 9.89 Å². The zero-order valence-electron chi connectivity index (χ0n) is 12.3. The summed E-state index contributed by atoms with van der Waals surface area (Å²) in [5, 5.41) is 11.7. The highest BCUT2D eigenvalue weighted by molar-refractivity contribution is 7.89. The van der Waals surface area contributed by atoms with Gasteiger partial charge in [0, 0.05) is 13.1 Å². The minimum absolute atomic E-state index is 0.119. The number of nitrogens with one attached hydrogen (secondary N) is 1. The van der Waals surface area contributed by atoms with E-state index in [1.165, 1.54) is 0 Å². The van der Waals surface area contributed by atoms with Crippen LogP contribution in [0.5, 0.6) is 0 Å². The molecule has 0 spiro atoms. The van der Waals surface area contributed by atoms with Crippen LogP contribution in [0.15, 0.2) is 4.90 Å². The number of nitrogens with two attached hydrogens (primary N) is 1. The van der Waals surface area contributed by atoms with Crippen molar-refractivity contribution in [1.29, 1.82) is 0 Å². The molecule has 7 nitrogen and oxygen atoms in total. The number of aromatic amines is 1. The summed E-state index contributed by atoms with van der Waals surface area (Å²) in [6.45, 7) is 8.42. The molecule has 0 radical (unpaired) electrons. The molecule has 20 heavy (non-hydrogen) atoms. The molecular weight excluding hydrogens is 280 g/mol. The van der Waals surface area contributed by atoms with E-state index in [4.69, 9.17) is 5.14 Å². The van der Waals surface area contributed by atoms with Gasteiger partial charge in [-0.05, 0) is 19.3 Å². The van der Waals surface area contributed by atoms with Crippen LogP contribution in [0.4, 0.5) is 0 Å². The Hall–Kier alpha value is -1.41. The van der Waals surface area contributed by atoms with Crippen LogP contribution in [0.3, 0.4) is 0 Å². The summed E-state index contributed by atoms with van der Waals surface area (Å²) in [7, 11) is -4.01. The SMILES string of the molecule is CCCN(CC)C(=O)c1n[nH]c(C(C)C)c1S(N)(=O)=O. The molecule has 1 rings (SSSR count). The average molecular weight is 302 g/mol. The summed E-state index contributed by atoms with van der Waals surface area (Å²) in [4.78, 5) is 13.8. The summed E-state index contributed by atoms with van der Waals surface area (Å²) in [6, 6.07) is 0. The van der Waals surface area contributed by atoms with Crippen LogP contribution in [0, 0.1) is 0 Å². The molecule has 0 aromatic carbocycles. The van der Waals surface area contributed by atoms with Crippen LogP contribution < -0.4 is 5.14 Å². The first kappa shape index (κ1) is 16.6. The number of hydrogen-bond donors (Lipinski definition) is 2. The van der Waals surface area contributed by atoms with E-state index < -0.39 is 15.9 Å². The maximum absolute atomic E-state index is 12.4. The first-order valence-corrected chi connectivity index (χ1v) is 8.18. The van der Waals surface area contributed by atoms with E-state index >= 15 is 0 Å². The maximum Gasteiger partial charge on any atom is 0.275 e. The fraction of sp³-hybridized carbons (Fsp3) is 0.667. The van der Waals surface area contributed by atoms with Gasteiger partial charge >= 0.3 is 0 Å². The van der Waals surface area contributed by atoms with Gasteiger partial charge in [0.15, 0.2) is 5.69 Å². The quantitative estimate of drug-likeness (QED) is 0.818. The molecule has 3 N–H and O–H groups in total. The van der Waals surface area contributed by atoms with E-state index in [-0.39, 0.29) is 16.5 Å². The van der Waals surface area contributed by atoms with Crippen LogP contribution in [-0.2, 0) is 10.0 Å². The zero-order chi connectivity index (χ0) is 15.5. The Kier molecular flexibility index (Phi) is 5.29. The molecule has 0 aliphatic carbocycles. The highest BCUT2D eigenvalue weighted by Gasteiger charge is 2.30. The first-order valence-electron chi connectivity index (χ1n) is 6.64. The van der Waals surface area contributed by atoms with Crippen molar-refractivity contribution < 1.29 is 13.2 Å². The van der Waals surface area contributed by atoms with Gasteiger partial charge in [-0.25, -0.2) is 13.6 Å². The van der Waals surface area contributed by atoms with Crippen molar-refractivity contribution in [3.63, 3.8) is 0 Å². The molecule has 0 unspecified atom stereocenters. The fourth-order valence-corrected chi connectivity index (χ4v) is 2.98. The number of primary sulfonamides is 1. The smallest absolute Gasteiger partial charge is 0.275 e. The van der Waals surface area contributed by atoms with Crippen molar-refractivity contribution in [1.82, 2.24) is 15.1 Å². The number of carbonyl (C=O) groups is 1. The van der Waals surface area contributed by atoms with E-state index in [1.807, 2.05) is 13.8 Å². The van der Waals surface area contributed by atoms with Gasteiger partial charge in [0.2, 0.25) is 10.0 Å². The second kappa shape index (κ2) is 6.36. The molecule has 0 bridgehead atoms. The molecule has 114 valence electrons. The summed E-state index contributed by atoms with van der Waals surface area (Å²) < 4.78 is 23.5. The third-order valence-corrected chi connectivity index (χ3v) is 3.96. The van der Waals surface area contributed by atoms with Crippen molar-refractivity contribution >= 4 is 15.9 Å². The lowest BCUT2D eigenvalue weighted by Gasteiger charge is -2.19. The lowest BCUT2D eigenvalue weighted by atomic mass is 10.1. The first-order chi connectivity index (χ1) is 9.23. The van der Waals surface area contributed by atoms with Crippen molar-refractivity contribution in [2.24, 2.45) is 5.14 Å². The van der Waals surface area contributed by atoms with Crippen molar-refractivity contribution in [2.45, 2.75) is 44.9 Å². The van der Waals surface area contributed by atoms with Gasteiger partial charge < -0.3 is 4.90 Å². The molecule has 1 heterocycles. The second-order valence-electron chi connectivity index (χ2n) is 4.90. The zero-order valence-corrected chi connectivity index (χ0v) is 13.1. The van der Waals surface area contributed by atoms with Gasteiger partial charge in [-0.2, -0.15) is 5.10 Å². The number of amides is 1. The average Bonchev–Trinajstić information content (AvgIpc) is 2.79. The van der Waals surface area contributed by atoms with Crippen LogP contribution in [0.25, 0.3) is 0 Å². The van der Waals surface area contributed by atoms with Crippen LogP contribution in [0.1, 0.15) is 56.2 Å². The van der Waals surface area contributed by atoms with Gasteiger partial charge in [0.05, 0.1) is 5.69 Å². The minimum atomic E-state index is -4.01. The maximum atomic E-state index is 12.4. The Labute approximate surface area is 119 Å². The monoisotopic (exact) mass is 302 g/mol. The number of aromatic nitrogens is 2. The number of sulfonamides is 1. The summed E-state index contributed by atoms with van der Waals surface area (Å²) in [6.07, 6.45) is 0.783. The Morgan fingerprint density at radius 2 is 2.00 bits per heavy atom. The summed E-state index contributed by atoms with van der Waals surface area (Å²) in [5.41, 5.74) is 0.245. The number of rotatable bonds is 6. The predicted molar refractivity (Wildman–Crippen MR) is 75.9 cm³/mol. The third-order valence-electron chi connectivity index (χ3n) is 2.97. The molecule has 0 aliphatic rings. The second-order valence-corrected chi connectivity index (χ2v) is 6.40. The number of carbonyl (C=O) groups excluding carboxylic acids is 1. The molecule has 1 aromatic rings. The van der Waals surface area contributed by atoms with Gasteiger partial charge in [0.25, 0.3) is 5.91 Å². The highest BCUT2D eigenvalue weighted by atomic mass is 32.2. The summed E-state index contributed by atoms with van der Waals surface area (Å²) in [5.74, 6) is -0.542. The van der Waals surface area contributed by atoms with Gasteiger partial charge in [-0.1, -0.05) is 20.8 Å². The van der Waals surface area contributed by atoms with E-state index in [2.05, 4.69) is 10.2 Å². The molecule has 0 atom stereocenters. The Morgan fingerprint density at radius 3 is 2.40 bits per heavy atom. The largest absolute Gasteiger partial charge is 0.338 e. The van der Waals surface area contributed by atoms with Crippen LogP contribution in [0.2, 0.25) is 0 Å². The van der Waals surface area contributed by atoms with Crippen LogP contribution in [-0.4, -0.2) is 42.5 Å². The lowest BCUT2D eigenvalue weighted by Crippen LogP contribution is -2.33. The normalized spacial score (nSPS) is 11.9. The Morgan fingerprint density at radius 1 is 1.40 bits per heavy atom. The fourth-order valence-electron chi connectivity index (χ4n) is 1.99. The van der Waals surface area contributed by atoms with E-state index in [9.17, 15) is 13.2 Å². The number of nitrogens with zero attached hydrogens (tertiary/aromatic N) is 2. The minimum Gasteiger partial charge on any atom is -0.338 e. The molecule has 8 heteroatoms. The predicted octanol–water partition coefficient (Wildman–Crippen LogP) is 1.05. The van der Waals surface area contributed by atoms with E-state index in [1.54, 1.807) is 18.7 Å². The number of H-pyrrole nitrogens is 1. The molecule has 1 aromatic heterocycles. The molecule has 0 fully saturated rings. The molecule has 0 saturated carbocycles. The molecule has 0 aliphatic heterocycles. The standard InChI is InChI=1S/C12H22N4O3S/c1-5-7-16(6-2)12(17)10-11(20(13,18)19)9(8(3)4)14-15-10/h8H,5-7H2,1-4H3,(H,14,15)(H2,13,18,19). The summed E-state index contributed by atoms with van der Waals surface area (Å²) >= 11 is 0. The van der Waals surface area contributed by atoms with E-state index in [0.29, 0.717) is 18.8 Å². The highest BCUT2D eigenvalue weighted by Crippen LogP contribution is 2.24. The van der Waals surface area contributed by atoms with Crippen LogP contribution >= 0.6 is 0 Å². The topological polar surface area (TPSA) is 109 Å². The third kappa shape index (κ3) is 3.37. The molecule has 1 amide bonds. The van der Waals surface area contributed by atoms with Crippen molar-refractivity contribution in [2.75, 3.05) is 13.1 Å². The van der Waals surface area contributed by atoms with Crippen molar-refractivity contribution in [3.8, 4) is 0 Å². The van der Waals surface area contributed by atoms with Gasteiger partial charge in [-0.15, -0.1) is 0 Å². The van der Waals surface area contributed by atoms with Gasteiger partial charge in [0.1, 0.15) is 4.90 Å².